The maximum Gasteiger partial charge on any atom is 0.416 e. The number of ether oxygens (including phenoxy) is 1. The third-order valence-electron chi connectivity index (χ3n) is 2.78. The number of rotatable bonds is 2. The summed E-state index contributed by atoms with van der Waals surface area (Å²) in [7, 11) is 0. The lowest BCUT2D eigenvalue weighted by Crippen LogP contribution is -2.05. The van der Waals surface area contributed by atoms with E-state index in [1.165, 1.54) is 0 Å². The van der Waals surface area contributed by atoms with Gasteiger partial charge in [0, 0.05) is 5.02 Å². The van der Waals surface area contributed by atoms with Crippen LogP contribution >= 0.6 is 11.6 Å². The second-order valence-electron chi connectivity index (χ2n) is 4.33. The van der Waals surface area contributed by atoms with E-state index in [1.54, 1.807) is 31.2 Å². The summed E-state index contributed by atoms with van der Waals surface area (Å²) in [6.45, 7) is 1.77. The Morgan fingerprint density at radius 3 is 2.43 bits per heavy atom. The molecule has 0 unspecified atom stereocenters. The first-order valence-corrected chi connectivity index (χ1v) is 6.24. The summed E-state index contributed by atoms with van der Waals surface area (Å²) in [6, 6.07) is 9.30. The van der Waals surface area contributed by atoms with Crippen LogP contribution < -0.4 is 4.74 Å². The maximum atomic E-state index is 12.6. The topological polar surface area (TPSA) is 33.0 Å². The van der Waals surface area contributed by atoms with Crippen molar-refractivity contribution in [3.8, 4) is 17.6 Å². The number of hydrogen-bond acceptors (Lipinski definition) is 2. The molecule has 0 saturated carbocycles. The SMILES string of the molecule is Cc1cc(Oc2ccc(C(F)(F)F)cc2C#N)ccc1Cl. The summed E-state index contributed by atoms with van der Waals surface area (Å²) in [5, 5.41) is 9.52. The highest BCUT2D eigenvalue weighted by molar-refractivity contribution is 6.31. The van der Waals surface area contributed by atoms with E-state index in [0.29, 0.717) is 10.8 Å². The number of alkyl halides is 3. The van der Waals surface area contributed by atoms with Crippen molar-refractivity contribution in [2.45, 2.75) is 13.1 Å². The molecule has 0 aliphatic heterocycles. The summed E-state index contributed by atoms with van der Waals surface area (Å²) < 4.78 is 43.2. The van der Waals surface area contributed by atoms with Crippen LogP contribution in [0, 0.1) is 18.3 Å². The molecule has 6 heteroatoms. The quantitative estimate of drug-likeness (QED) is 0.751. The average Bonchev–Trinajstić information content (AvgIpc) is 2.42. The van der Waals surface area contributed by atoms with Gasteiger partial charge in [0.25, 0.3) is 0 Å². The molecule has 0 bridgehead atoms. The van der Waals surface area contributed by atoms with Gasteiger partial charge in [-0.1, -0.05) is 11.6 Å². The van der Waals surface area contributed by atoms with E-state index in [1.807, 2.05) is 0 Å². The molecule has 0 spiro atoms. The fraction of sp³-hybridized carbons (Fsp3) is 0.133. The predicted molar refractivity (Wildman–Crippen MR) is 72.4 cm³/mol. The second-order valence-corrected chi connectivity index (χ2v) is 4.74. The normalized spacial score (nSPS) is 11.0. The molecule has 0 saturated heterocycles. The standard InChI is InChI=1S/C15H9ClF3NO/c1-9-6-12(3-4-13(9)16)21-14-5-2-11(15(17,18)19)7-10(14)8-20/h2-7H,1H3. The maximum absolute atomic E-state index is 12.6. The Bertz CT molecular complexity index is 720. The molecule has 21 heavy (non-hydrogen) atoms. The van der Waals surface area contributed by atoms with E-state index in [0.717, 1.165) is 23.8 Å². The first-order chi connectivity index (χ1) is 9.81. The molecule has 2 rings (SSSR count). The zero-order valence-electron chi connectivity index (χ0n) is 10.8. The number of nitriles is 1. The Morgan fingerprint density at radius 1 is 1.14 bits per heavy atom. The van der Waals surface area contributed by atoms with Crippen LogP contribution in [0.3, 0.4) is 0 Å². The van der Waals surface area contributed by atoms with Gasteiger partial charge in [-0.3, -0.25) is 0 Å². The average molecular weight is 312 g/mol. The first-order valence-electron chi connectivity index (χ1n) is 5.86. The number of benzene rings is 2. The highest BCUT2D eigenvalue weighted by atomic mass is 35.5. The van der Waals surface area contributed by atoms with Crippen LogP contribution in [0.15, 0.2) is 36.4 Å². The number of halogens is 4. The van der Waals surface area contributed by atoms with Crippen molar-refractivity contribution >= 4 is 11.6 Å². The molecule has 0 radical (unpaired) electrons. The van der Waals surface area contributed by atoms with Gasteiger partial charge < -0.3 is 4.74 Å². The molecule has 0 aromatic heterocycles. The molecule has 0 amide bonds. The summed E-state index contributed by atoms with van der Waals surface area (Å²) in [5.74, 6) is 0.459. The van der Waals surface area contributed by atoms with Crippen LogP contribution in [0.5, 0.6) is 11.5 Å². The van der Waals surface area contributed by atoms with Gasteiger partial charge in [0.05, 0.1) is 11.1 Å². The van der Waals surface area contributed by atoms with Crippen LogP contribution in [0.1, 0.15) is 16.7 Å². The number of hydrogen-bond donors (Lipinski definition) is 0. The predicted octanol–water partition coefficient (Wildman–Crippen LogP) is 5.33. The van der Waals surface area contributed by atoms with E-state index in [4.69, 9.17) is 21.6 Å². The van der Waals surface area contributed by atoms with E-state index in [2.05, 4.69) is 0 Å². The molecular weight excluding hydrogens is 303 g/mol. The fourth-order valence-corrected chi connectivity index (χ4v) is 1.81. The Labute approximate surface area is 124 Å². The van der Waals surface area contributed by atoms with Crippen molar-refractivity contribution in [2.75, 3.05) is 0 Å². The van der Waals surface area contributed by atoms with Gasteiger partial charge in [0.15, 0.2) is 0 Å². The molecule has 0 atom stereocenters. The molecule has 0 heterocycles. The molecule has 2 aromatic rings. The van der Waals surface area contributed by atoms with Crippen molar-refractivity contribution in [3.05, 3.63) is 58.1 Å². The van der Waals surface area contributed by atoms with Crippen LogP contribution in [-0.4, -0.2) is 0 Å². The fourth-order valence-electron chi connectivity index (χ4n) is 1.69. The summed E-state index contributed by atoms with van der Waals surface area (Å²) in [4.78, 5) is 0. The zero-order valence-corrected chi connectivity index (χ0v) is 11.6. The molecular formula is C15H9ClF3NO. The van der Waals surface area contributed by atoms with Crippen LogP contribution in [0.25, 0.3) is 0 Å². The summed E-state index contributed by atoms with van der Waals surface area (Å²) in [5.41, 5.74) is -0.310. The molecule has 0 aliphatic rings. The zero-order chi connectivity index (χ0) is 15.6. The molecule has 2 aromatic carbocycles. The van der Waals surface area contributed by atoms with Crippen LogP contribution in [-0.2, 0) is 6.18 Å². The van der Waals surface area contributed by atoms with Gasteiger partial charge in [0.1, 0.15) is 17.6 Å². The first kappa shape index (κ1) is 15.2. The molecule has 0 N–H and O–H groups in total. The monoisotopic (exact) mass is 311 g/mol. The largest absolute Gasteiger partial charge is 0.456 e. The van der Waals surface area contributed by atoms with E-state index >= 15 is 0 Å². The molecule has 2 nitrogen and oxygen atoms in total. The van der Waals surface area contributed by atoms with E-state index < -0.39 is 11.7 Å². The van der Waals surface area contributed by atoms with Crippen LogP contribution in [0.4, 0.5) is 13.2 Å². The van der Waals surface area contributed by atoms with Gasteiger partial charge in [0.2, 0.25) is 0 Å². The van der Waals surface area contributed by atoms with Crippen molar-refractivity contribution in [1.82, 2.24) is 0 Å². The molecule has 108 valence electrons. The van der Waals surface area contributed by atoms with Gasteiger partial charge in [-0.05, 0) is 48.9 Å². The second kappa shape index (κ2) is 5.66. The van der Waals surface area contributed by atoms with Gasteiger partial charge in [-0.2, -0.15) is 18.4 Å². The van der Waals surface area contributed by atoms with E-state index in [-0.39, 0.29) is 11.3 Å². The van der Waals surface area contributed by atoms with Crippen LogP contribution in [0.2, 0.25) is 5.02 Å². The lowest BCUT2D eigenvalue weighted by atomic mass is 10.1. The van der Waals surface area contributed by atoms with Crippen molar-refractivity contribution in [2.24, 2.45) is 0 Å². The highest BCUT2D eigenvalue weighted by Gasteiger charge is 2.31. The molecule has 0 fully saturated rings. The minimum absolute atomic E-state index is 0.0622. The van der Waals surface area contributed by atoms with Gasteiger partial charge in [-0.25, -0.2) is 0 Å². The van der Waals surface area contributed by atoms with Crippen molar-refractivity contribution < 1.29 is 17.9 Å². The van der Waals surface area contributed by atoms with Gasteiger partial charge in [-0.15, -0.1) is 0 Å². The van der Waals surface area contributed by atoms with Crippen molar-refractivity contribution in [1.29, 1.82) is 5.26 Å². The van der Waals surface area contributed by atoms with E-state index in [9.17, 15) is 13.2 Å². The third-order valence-corrected chi connectivity index (χ3v) is 3.21. The summed E-state index contributed by atoms with van der Waals surface area (Å²) in [6.07, 6.45) is -4.50. The Balaban J connectivity index is 2.36. The lowest BCUT2D eigenvalue weighted by molar-refractivity contribution is -0.137. The Kier molecular flexibility index (Phi) is 4.10. The molecule has 0 aliphatic carbocycles. The lowest BCUT2D eigenvalue weighted by Gasteiger charge is -2.11. The Morgan fingerprint density at radius 2 is 1.86 bits per heavy atom. The smallest absolute Gasteiger partial charge is 0.416 e. The highest BCUT2D eigenvalue weighted by Crippen LogP contribution is 2.34. The van der Waals surface area contributed by atoms with Crippen molar-refractivity contribution in [3.63, 3.8) is 0 Å². The minimum atomic E-state index is -4.50. The van der Waals surface area contributed by atoms with Gasteiger partial charge >= 0.3 is 6.18 Å². The minimum Gasteiger partial charge on any atom is -0.456 e. The number of aryl methyl sites for hydroxylation is 1. The third kappa shape index (κ3) is 3.47. The summed E-state index contributed by atoms with van der Waals surface area (Å²) >= 11 is 5.88. The number of nitrogens with zero attached hydrogens (tertiary/aromatic N) is 1. The Hall–Kier alpha value is -2.19.